The quantitative estimate of drug-likeness (QED) is 0.523. The Hall–Kier alpha value is -1.37. The third-order valence-corrected chi connectivity index (χ3v) is 2.35. The number of rotatable bonds is 5. The molecule has 0 fully saturated rings. The van der Waals surface area contributed by atoms with Crippen LogP contribution in [0.1, 0.15) is 37.0 Å². The van der Waals surface area contributed by atoms with E-state index in [9.17, 15) is 4.79 Å². The zero-order valence-corrected chi connectivity index (χ0v) is 9.44. The molecule has 1 heteroatoms. The van der Waals surface area contributed by atoms with Crippen LogP contribution in [0.2, 0.25) is 0 Å². The Bertz CT molecular complexity index is 324. The van der Waals surface area contributed by atoms with Crippen LogP contribution in [0.25, 0.3) is 0 Å². The van der Waals surface area contributed by atoms with Gasteiger partial charge < -0.3 is 0 Å². The van der Waals surface area contributed by atoms with Gasteiger partial charge >= 0.3 is 0 Å². The molecule has 0 aliphatic carbocycles. The summed E-state index contributed by atoms with van der Waals surface area (Å²) >= 11 is 0. The molecule has 0 radical (unpaired) electrons. The summed E-state index contributed by atoms with van der Waals surface area (Å²) in [7, 11) is 0. The van der Waals surface area contributed by atoms with E-state index >= 15 is 0 Å². The second kappa shape index (κ2) is 6.18. The van der Waals surface area contributed by atoms with Gasteiger partial charge in [0.05, 0.1) is 0 Å². The van der Waals surface area contributed by atoms with Gasteiger partial charge in [-0.1, -0.05) is 62.8 Å². The van der Waals surface area contributed by atoms with Crippen LogP contribution in [0.3, 0.4) is 0 Å². The third-order valence-electron chi connectivity index (χ3n) is 2.35. The van der Waals surface area contributed by atoms with Gasteiger partial charge in [-0.2, -0.15) is 0 Å². The SMILES string of the molecule is CCC/C=C/C(C)C(=O)c1ccccc1. The summed E-state index contributed by atoms with van der Waals surface area (Å²) in [5, 5.41) is 0. The minimum atomic E-state index is -0.0149. The van der Waals surface area contributed by atoms with Crippen molar-refractivity contribution in [1.82, 2.24) is 0 Å². The zero-order chi connectivity index (χ0) is 11.1. The highest BCUT2D eigenvalue weighted by molar-refractivity contribution is 5.98. The second-order valence-corrected chi connectivity index (χ2v) is 3.74. The van der Waals surface area contributed by atoms with Gasteiger partial charge in [0, 0.05) is 11.5 Å². The Morgan fingerprint density at radius 1 is 1.33 bits per heavy atom. The molecule has 1 atom stereocenters. The van der Waals surface area contributed by atoms with Crippen LogP contribution in [0.5, 0.6) is 0 Å². The third kappa shape index (κ3) is 3.70. The zero-order valence-electron chi connectivity index (χ0n) is 9.44. The molecular weight excluding hydrogens is 184 g/mol. The highest BCUT2D eigenvalue weighted by Gasteiger charge is 2.10. The summed E-state index contributed by atoms with van der Waals surface area (Å²) < 4.78 is 0. The van der Waals surface area contributed by atoms with E-state index in [0.29, 0.717) is 0 Å². The summed E-state index contributed by atoms with van der Waals surface area (Å²) in [6.07, 6.45) is 6.26. The molecule has 1 unspecified atom stereocenters. The van der Waals surface area contributed by atoms with Crippen LogP contribution in [0, 0.1) is 5.92 Å². The summed E-state index contributed by atoms with van der Waals surface area (Å²) in [6, 6.07) is 9.46. The van der Waals surface area contributed by atoms with Gasteiger partial charge in [-0.15, -0.1) is 0 Å². The number of benzene rings is 1. The molecule has 1 rings (SSSR count). The first-order valence-electron chi connectivity index (χ1n) is 5.51. The van der Waals surface area contributed by atoms with Crippen LogP contribution in [-0.2, 0) is 0 Å². The monoisotopic (exact) mass is 202 g/mol. The molecule has 0 aliphatic rings. The van der Waals surface area contributed by atoms with E-state index in [-0.39, 0.29) is 11.7 Å². The van der Waals surface area contributed by atoms with Gasteiger partial charge in [-0.3, -0.25) is 4.79 Å². The highest BCUT2D eigenvalue weighted by atomic mass is 16.1. The summed E-state index contributed by atoms with van der Waals surface area (Å²) in [5.74, 6) is 0.182. The maximum Gasteiger partial charge on any atom is 0.169 e. The number of allylic oxidation sites excluding steroid dienone is 2. The maximum absolute atomic E-state index is 11.9. The number of carbonyl (C=O) groups is 1. The fourth-order valence-corrected chi connectivity index (χ4v) is 1.42. The average molecular weight is 202 g/mol. The number of Topliss-reactive ketones (excluding diaryl/α,β-unsaturated/α-hetero) is 1. The fraction of sp³-hybridized carbons (Fsp3) is 0.357. The molecule has 0 saturated heterocycles. The molecule has 1 aromatic rings. The summed E-state index contributed by atoms with van der Waals surface area (Å²) in [5.41, 5.74) is 0.797. The molecule has 1 nitrogen and oxygen atoms in total. The summed E-state index contributed by atoms with van der Waals surface area (Å²) in [4.78, 5) is 11.9. The molecule has 0 amide bonds. The van der Waals surface area contributed by atoms with E-state index < -0.39 is 0 Å². The second-order valence-electron chi connectivity index (χ2n) is 3.74. The van der Waals surface area contributed by atoms with Gasteiger partial charge in [-0.05, 0) is 6.42 Å². The van der Waals surface area contributed by atoms with E-state index in [2.05, 4.69) is 13.0 Å². The Kier molecular flexibility index (Phi) is 4.82. The molecule has 0 N–H and O–H groups in total. The Labute approximate surface area is 91.8 Å². The lowest BCUT2D eigenvalue weighted by atomic mass is 9.99. The number of ketones is 1. The van der Waals surface area contributed by atoms with Crippen LogP contribution < -0.4 is 0 Å². The van der Waals surface area contributed by atoms with E-state index in [4.69, 9.17) is 0 Å². The molecule has 0 bridgehead atoms. The average Bonchev–Trinajstić information content (AvgIpc) is 2.29. The van der Waals surface area contributed by atoms with Crippen LogP contribution in [0.15, 0.2) is 42.5 Å². The van der Waals surface area contributed by atoms with Crippen molar-refractivity contribution in [2.24, 2.45) is 5.92 Å². The summed E-state index contributed by atoms with van der Waals surface area (Å²) in [6.45, 7) is 4.08. The van der Waals surface area contributed by atoms with Crippen molar-refractivity contribution in [2.75, 3.05) is 0 Å². The predicted molar refractivity (Wildman–Crippen MR) is 64.0 cm³/mol. The van der Waals surface area contributed by atoms with Gasteiger partial charge in [0.1, 0.15) is 0 Å². The molecule has 0 aromatic heterocycles. The van der Waals surface area contributed by atoms with E-state index in [0.717, 1.165) is 18.4 Å². The van der Waals surface area contributed by atoms with Crippen molar-refractivity contribution < 1.29 is 4.79 Å². The number of hydrogen-bond acceptors (Lipinski definition) is 1. The van der Waals surface area contributed by atoms with E-state index in [1.165, 1.54) is 0 Å². The molecule has 80 valence electrons. The minimum Gasteiger partial charge on any atom is -0.294 e. The topological polar surface area (TPSA) is 17.1 Å². The van der Waals surface area contributed by atoms with Gasteiger partial charge in [0.15, 0.2) is 5.78 Å². The molecular formula is C14H18O. The first-order chi connectivity index (χ1) is 7.25. The normalized spacial score (nSPS) is 12.9. The van der Waals surface area contributed by atoms with Crippen LogP contribution >= 0.6 is 0 Å². The molecule has 15 heavy (non-hydrogen) atoms. The predicted octanol–water partition coefficient (Wildman–Crippen LogP) is 3.86. The first kappa shape index (κ1) is 11.7. The van der Waals surface area contributed by atoms with Gasteiger partial charge in [0.2, 0.25) is 0 Å². The number of carbonyl (C=O) groups excluding carboxylic acids is 1. The lowest BCUT2D eigenvalue weighted by Crippen LogP contribution is -2.08. The van der Waals surface area contributed by atoms with Crippen LogP contribution in [0.4, 0.5) is 0 Å². The van der Waals surface area contributed by atoms with Crippen molar-refractivity contribution in [3.05, 3.63) is 48.0 Å². The molecule has 1 aromatic carbocycles. The Balaban J connectivity index is 2.61. The lowest BCUT2D eigenvalue weighted by molar-refractivity contribution is 0.0953. The van der Waals surface area contributed by atoms with Crippen LogP contribution in [-0.4, -0.2) is 5.78 Å². The van der Waals surface area contributed by atoms with E-state index in [1.54, 1.807) is 0 Å². The largest absolute Gasteiger partial charge is 0.294 e. The van der Waals surface area contributed by atoms with E-state index in [1.807, 2.05) is 43.3 Å². The first-order valence-corrected chi connectivity index (χ1v) is 5.51. The maximum atomic E-state index is 11.9. The lowest BCUT2D eigenvalue weighted by Gasteiger charge is -2.04. The smallest absolute Gasteiger partial charge is 0.169 e. The Morgan fingerprint density at radius 3 is 2.60 bits per heavy atom. The number of unbranched alkanes of at least 4 members (excludes halogenated alkanes) is 1. The molecule has 0 heterocycles. The van der Waals surface area contributed by atoms with Crippen molar-refractivity contribution >= 4 is 5.78 Å². The van der Waals surface area contributed by atoms with Crippen molar-refractivity contribution in [2.45, 2.75) is 26.7 Å². The van der Waals surface area contributed by atoms with Crippen molar-refractivity contribution in [3.8, 4) is 0 Å². The number of hydrogen-bond donors (Lipinski definition) is 0. The highest BCUT2D eigenvalue weighted by Crippen LogP contribution is 2.10. The van der Waals surface area contributed by atoms with Crippen molar-refractivity contribution in [1.29, 1.82) is 0 Å². The fourth-order valence-electron chi connectivity index (χ4n) is 1.42. The standard InChI is InChI=1S/C14H18O/c1-3-4-6-9-12(2)14(15)13-10-7-5-8-11-13/h5-12H,3-4H2,1-2H3/b9-6+. The van der Waals surface area contributed by atoms with Gasteiger partial charge in [-0.25, -0.2) is 0 Å². The molecule has 0 aliphatic heterocycles. The van der Waals surface area contributed by atoms with Crippen molar-refractivity contribution in [3.63, 3.8) is 0 Å². The molecule has 0 saturated carbocycles. The minimum absolute atomic E-state index is 0.0149. The van der Waals surface area contributed by atoms with Gasteiger partial charge in [0.25, 0.3) is 0 Å². The Morgan fingerprint density at radius 2 is 2.00 bits per heavy atom. The molecule has 0 spiro atoms.